The summed E-state index contributed by atoms with van der Waals surface area (Å²) in [5, 5.41) is 8.50. The lowest BCUT2D eigenvalue weighted by Gasteiger charge is -2.22. The highest BCUT2D eigenvalue weighted by Crippen LogP contribution is 2.06. The monoisotopic (exact) mass is 275 g/mol. The topological polar surface area (TPSA) is 76.1 Å². The number of carboxylic acid groups (broad SMARTS) is 1. The van der Waals surface area contributed by atoms with E-state index in [2.05, 4.69) is 0 Å². The molecule has 0 saturated carbocycles. The maximum absolute atomic E-state index is 12.0. The van der Waals surface area contributed by atoms with Gasteiger partial charge in [-0.1, -0.05) is 6.42 Å². The molecule has 0 aliphatic carbocycles. The zero-order valence-electron chi connectivity index (χ0n) is 11.9. The smallest absolute Gasteiger partial charge is 0.303 e. The maximum Gasteiger partial charge on any atom is 0.303 e. The van der Waals surface area contributed by atoms with Crippen LogP contribution in [0.3, 0.4) is 0 Å². The number of methoxy groups -OCH3 is 2. The Hall–Kier alpha value is -1.14. The van der Waals surface area contributed by atoms with Crippen molar-refractivity contribution in [2.24, 2.45) is 0 Å². The normalized spacial score (nSPS) is 10.4. The van der Waals surface area contributed by atoms with Gasteiger partial charge < -0.3 is 19.5 Å². The molecule has 0 aliphatic rings. The molecule has 0 aromatic carbocycles. The first-order chi connectivity index (χ1) is 9.11. The van der Waals surface area contributed by atoms with E-state index in [1.807, 2.05) is 0 Å². The zero-order valence-corrected chi connectivity index (χ0v) is 11.9. The second-order valence-electron chi connectivity index (χ2n) is 4.32. The van der Waals surface area contributed by atoms with Gasteiger partial charge in [-0.3, -0.25) is 9.59 Å². The van der Waals surface area contributed by atoms with Gasteiger partial charge in [0.2, 0.25) is 5.91 Å². The summed E-state index contributed by atoms with van der Waals surface area (Å²) in [7, 11) is 3.20. The minimum Gasteiger partial charge on any atom is -0.481 e. The van der Waals surface area contributed by atoms with Crippen LogP contribution in [0.1, 0.15) is 32.1 Å². The van der Waals surface area contributed by atoms with Crippen LogP contribution in [-0.4, -0.2) is 62.4 Å². The molecule has 0 atom stereocenters. The zero-order chi connectivity index (χ0) is 14.5. The Morgan fingerprint density at radius 2 is 1.47 bits per heavy atom. The predicted molar refractivity (Wildman–Crippen MR) is 71.1 cm³/mol. The fraction of sp³-hybridized carbons (Fsp3) is 0.846. The summed E-state index contributed by atoms with van der Waals surface area (Å²) in [6.45, 7) is 2.14. The van der Waals surface area contributed by atoms with E-state index in [1.165, 1.54) is 0 Å². The molecule has 112 valence electrons. The Balaban J connectivity index is 3.85. The van der Waals surface area contributed by atoms with E-state index in [-0.39, 0.29) is 12.3 Å². The number of rotatable bonds is 12. The number of amides is 1. The van der Waals surface area contributed by atoms with Crippen LogP contribution in [-0.2, 0) is 19.1 Å². The van der Waals surface area contributed by atoms with E-state index in [0.717, 1.165) is 12.8 Å². The third-order valence-corrected chi connectivity index (χ3v) is 2.76. The van der Waals surface area contributed by atoms with Crippen LogP contribution in [0.2, 0.25) is 0 Å². The van der Waals surface area contributed by atoms with Crippen LogP contribution in [0, 0.1) is 0 Å². The van der Waals surface area contributed by atoms with Crippen LogP contribution in [0.5, 0.6) is 0 Å². The number of nitrogens with zero attached hydrogens (tertiary/aromatic N) is 1. The molecule has 6 heteroatoms. The Kier molecular flexibility index (Phi) is 11.2. The molecule has 0 unspecified atom stereocenters. The van der Waals surface area contributed by atoms with Gasteiger partial charge in [-0.2, -0.15) is 0 Å². The van der Waals surface area contributed by atoms with Gasteiger partial charge in [0.05, 0.1) is 13.2 Å². The van der Waals surface area contributed by atoms with Gasteiger partial charge in [-0.25, -0.2) is 0 Å². The summed E-state index contributed by atoms with van der Waals surface area (Å²) < 4.78 is 9.94. The highest BCUT2D eigenvalue weighted by atomic mass is 16.5. The number of ether oxygens (including phenoxy) is 2. The van der Waals surface area contributed by atoms with E-state index >= 15 is 0 Å². The van der Waals surface area contributed by atoms with Crippen LogP contribution < -0.4 is 0 Å². The van der Waals surface area contributed by atoms with Crippen molar-refractivity contribution >= 4 is 11.9 Å². The Morgan fingerprint density at radius 1 is 0.947 bits per heavy atom. The molecule has 0 heterocycles. The van der Waals surface area contributed by atoms with Crippen LogP contribution in [0.4, 0.5) is 0 Å². The maximum atomic E-state index is 12.0. The predicted octanol–water partition coefficient (Wildman–Crippen LogP) is 1.14. The van der Waals surface area contributed by atoms with Crippen LogP contribution in [0.15, 0.2) is 0 Å². The third kappa shape index (κ3) is 10.5. The largest absolute Gasteiger partial charge is 0.481 e. The quantitative estimate of drug-likeness (QED) is 0.541. The number of carbonyl (C=O) groups is 2. The van der Waals surface area contributed by atoms with Crippen molar-refractivity contribution in [1.29, 1.82) is 0 Å². The van der Waals surface area contributed by atoms with Crippen LogP contribution >= 0.6 is 0 Å². The third-order valence-electron chi connectivity index (χ3n) is 2.76. The summed E-state index contributed by atoms with van der Waals surface area (Å²) in [6, 6.07) is 0. The Labute approximate surface area is 114 Å². The van der Waals surface area contributed by atoms with E-state index in [4.69, 9.17) is 14.6 Å². The molecule has 6 nitrogen and oxygen atoms in total. The molecule has 0 aliphatic heterocycles. The van der Waals surface area contributed by atoms with Crippen molar-refractivity contribution in [1.82, 2.24) is 4.90 Å². The highest BCUT2D eigenvalue weighted by Gasteiger charge is 2.12. The fourth-order valence-corrected chi connectivity index (χ4v) is 1.65. The van der Waals surface area contributed by atoms with E-state index < -0.39 is 5.97 Å². The van der Waals surface area contributed by atoms with E-state index in [0.29, 0.717) is 39.1 Å². The summed E-state index contributed by atoms with van der Waals surface area (Å²) in [4.78, 5) is 24.0. The lowest BCUT2D eigenvalue weighted by atomic mass is 10.1. The molecule has 0 saturated heterocycles. The van der Waals surface area contributed by atoms with Gasteiger partial charge in [0.15, 0.2) is 0 Å². The molecule has 0 rings (SSSR count). The molecule has 0 radical (unpaired) electrons. The molecular formula is C13H25NO5. The summed E-state index contributed by atoms with van der Waals surface area (Å²) in [5.74, 6) is -0.711. The molecule has 0 aromatic heterocycles. The molecule has 1 N–H and O–H groups in total. The number of aliphatic carboxylic acids is 1. The van der Waals surface area contributed by atoms with Gasteiger partial charge in [0, 0.05) is 40.2 Å². The van der Waals surface area contributed by atoms with Crippen molar-refractivity contribution in [3.8, 4) is 0 Å². The van der Waals surface area contributed by atoms with Crippen molar-refractivity contribution in [2.45, 2.75) is 32.1 Å². The second-order valence-corrected chi connectivity index (χ2v) is 4.32. The minimum atomic E-state index is -0.784. The average Bonchev–Trinajstić information content (AvgIpc) is 2.38. The standard InChI is InChI=1S/C13H25NO5/c1-18-10-8-14(9-11-19-2)12(15)6-4-3-5-7-13(16)17/h3-11H2,1-2H3,(H,16,17). The average molecular weight is 275 g/mol. The fourth-order valence-electron chi connectivity index (χ4n) is 1.65. The number of carbonyl (C=O) groups excluding carboxylic acids is 1. The van der Waals surface area contributed by atoms with E-state index in [1.54, 1.807) is 19.1 Å². The number of hydrogen-bond acceptors (Lipinski definition) is 4. The van der Waals surface area contributed by atoms with Crippen molar-refractivity contribution < 1.29 is 24.2 Å². The first kappa shape index (κ1) is 17.9. The highest BCUT2D eigenvalue weighted by molar-refractivity contribution is 5.76. The van der Waals surface area contributed by atoms with Crippen molar-refractivity contribution in [2.75, 3.05) is 40.5 Å². The summed E-state index contributed by atoms with van der Waals surface area (Å²) in [5.41, 5.74) is 0. The molecule has 0 aromatic rings. The lowest BCUT2D eigenvalue weighted by molar-refractivity contribution is -0.137. The minimum absolute atomic E-state index is 0.0735. The Bertz CT molecular complexity index is 249. The number of carboxylic acids is 1. The SMILES string of the molecule is COCCN(CCOC)C(=O)CCCCCC(=O)O. The molecule has 0 fully saturated rings. The molecular weight excluding hydrogens is 250 g/mol. The second kappa shape index (κ2) is 11.9. The summed E-state index contributed by atoms with van der Waals surface area (Å²) >= 11 is 0. The van der Waals surface area contributed by atoms with Gasteiger partial charge in [0.1, 0.15) is 0 Å². The lowest BCUT2D eigenvalue weighted by Crippen LogP contribution is -2.36. The van der Waals surface area contributed by atoms with Gasteiger partial charge in [0.25, 0.3) is 0 Å². The van der Waals surface area contributed by atoms with E-state index in [9.17, 15) is 9.59 Å². The van der Waals surface area contributed by atoms with Gasteiger partial charge >= 0.3 is 5.97 Å². The first-order valence-electron chi connectivity index (χ1n) is 6.59. The molecule has 0 bridgehead atoms. The number of hydrogen-bond donors (Lipinski definition) is 1. The van der Waals surface area contributed by atoms with Crippen molar-refractivity contribution in [3.63, 3.8) is 0 Å². The Morgan fingerprint density at radius 3 is 1.95 bits per heavy atom. The summed E-state index contributed by atoms with van der Waals surface area (Å²) in [6.07, 6.45) is 2.74. The first-order valence-corrected chi connectivity index (χ1v) is 6.59. The van der Waals surface area contributed by atoms with Crippen molar-refractivity contribution in [3.05, 3.63) is 0 Å². The molecule has 19 heavy (non-hydrogen) atoms. The molecule has 0 spiro atoms. The van der Waals surface area contributed by atoms with Gasteiger partial charge in [-0.05, 0) is 12.8 Å². The number of unbranched alkanes of at least 4 members (excludes halogenated alkanes) is 2. The molecule has 1 amide bonds. The van der Waals surface area contributed by atoms with Crippen LogP contribution in [0.25, 0.3) is 0 Å². The van der Waals surface area contributed by atoms with Gasteiger partial charge in [-0.15, -0.1) is 0 Å².